The second-order valence-electron chi connectivity index (χ2n) is 4.33. The van der Waals surface area contributed by atoms with Crippen molar-refractivity contribution in [3.05, 3.63) is 0 Å². The molecule has 0 aliphatic heterocycles. The van der Waals surface area contributed by atoms with Crippen molar-refractivity contribution >= 4 is 10.8 Å². The van der Waals surface area contributed by atoms with Crippen LogP contribution in [0.15, 0.2) is 0 Å². The monoisotopic (exact) mass is 217 g/mol. The van der Waals surface area contributed by atoms with Crippen molar-refractivity contribution in [1.82, 2.24) is 0 Å². The van der Waals surface area contributed by atoms with Crippen LogP contribution >= 0.6 is 0 Å². The van der Waals surface area contributed by atoms with Gasteiger partial charge >= 0.3 is 0 Å². The summed E-state index contributed by atoms with van der Waals surface area (Å²) in [6.07, 6.45) is 8.43. The quantitative estimate of drug-likeness (QED) is 0.734. The van der Waals surface area contributed by atoms with Crippen molar-refractivity contribution in [2.75, 3.05) is 5.75 Å². The van der Waals surface area contributed by atoms with Crippen molar-refractivity contribution in [2.24, 2.45) is 5.73 Å². The highest BCUT2D eigenvalue weighted by Gasteiger charge is 2.19. The zero-order valence-corrected chi connectivity index (χ0v) is 10.0. The minimum atomic E-state index is -0.673. The lowest BCUT2D eigenvalue weighted by Crippen LogP contribution is -2.30. The third-order valence-corrected chi connectivity index (χ3v) is 5.05. The van der Waals surface area contributed by atoms with Gasteiger partial charge in [-0.3, -0.25) is 4.21 Å². The Morgan fingerprint density at radius 2 is 1.86 bits per heavy atom. The van der Waals surface area contributed by atoms with E-state index in [-0.39, 0.29) is 6.04 Å². The summed E-state index contributed by atoms with van der Waals surface area (Å²) in [6.45, 7) is 2.06. The molecule has 2 nitrogen and oxygen atoms in total. The van der Waals surface area contributed by atoms with Gasteiger partial charge in [0.1, 0.15) is 0 Å². The first-order valence-corrected chi connectivity index (χ1v) is 7.25. The highest BCUT2D eigenvalue weighted by Crippen LogP contribution is 2.21. The maximum Gasteiger partial charge on any atom is 0.0389 e. The first-order chi connectivity index (χ1) is 6.74. The van der Waals surface area contributed by atoms with Crippen LogP contribution in [0.2, 0.25) is 0 Å². The van der Waals surface area contributed by atoms with Crippen LogP contribution in [0.1, 0.15) is 51.9 Å². The second kappa shape index (κ2) is 6.57. The van der Waals surface area contributed by atoms with E-state index in [1.165, 1.54) is 25.7 Å². The lowest BCUT2D eigenvalue weighted by Gasteiger charge is -2.16. The molecule has 1 rings (SSSR count). The molecule has 1 aliphatic rings. The van der Waals surface area contributed by atoms with Gasteiger partial charge in [0, 0.05) is 27.8 Å². The van der Waals surface area contributed by atoms with Gasteiger partial charge in [0.25, 0.3) is 0 Å². The Balaban J connectivity index is 2.34. The molecule has 1 aliphatic carbocycles. The van der Waals surface area contributed by atoms with Gasteiger partial charge in [-0.25, -0.2) is 0 Å². The van der Waals surface area contributed by atoms with Crippen LogP contribution in [0.4, 0.5) is 0 Å². The molecule has 1 fully saturated rings. The largest absolute Gasteiger partial charge is 0.327 e. The molecule has 2 atom stereocenters. The van der Waals surface area contributed by atoms with E-state index in [0.717, 1.165) is 19.3 Å². The van der Waals surface area contributed by atoms with Crippen LogP contribution in [-0.2, 0) is 10.8 Å². The fourth-order valence-electron chi connectivity index (χ4n) is 1.97. The molecule has 84 valence electrons. The van der Waals surface area contributed by atoms with E-state index in [9.17, 15) is 4.21 Å². The maximum atomic E-state index is 12.0. The third kappa shape index (κ3) is 4.09. The Morgan fingerprint density at radius 1 is 1.29 bits per heavy atom. The number of hydrogen-bond acceptors (Lipinski definition) is 2. The van der Waals surface area contributed by atoms with Crippen LogP contribution in [0.3, 0.4) is 0 Å². The van der Waals surface area contributed by atoms with E-state index in [4.69, 9.17) is 5.73 Å². The maximum absolute atomic E-state index is 12.0. The van der Waals surface area contributed by atoms with E-state index >= 15 is 0 Å². The SMILES string of the molecule is CCC(N)CS(=O)C1CCCCCC1. The molecule has 0 heterocycles. The molecule has 0 radical (unpaired) electrons. The third-order valence-electron chi connectivity index (χ3n) is 3.08. The van der Waals surface area contributed by atoms with Crippen LogP contribution in [0.5, 0.6) is 0 Å². The van der Waals surface area contributed by atoms with E-state index < -0.39 is 10.8 Å². The highest BCUT2D eigenvalue weighted by atomic mass is 32.2. The van der Waals surface area contributed by atoms with Crippen LogP contribution < -0.4 is 5.73 Å². The summed E-state index contributed by atoms with van der Waals surface area (Å²) >= 11 is 0. The van der Waals surface area contributed by atoms with Gasteiger partial charge in [0.2, 0.25) is 0 Å². The van der Waals surface area contributed by atoms with Crippen molar-refractivity contribution in [3.8, 4) is 0 Å². The first-order valence-electron chi connectivity index (χ1n) is 5.86. The number of hydrogen-bond donors (Lipinski definition) is 1. The zero-order valence-electron chi connectivity index (χ0n) is 9.21. The van der Waals surface area contributed by atoms with Gasteiger partial charge in [-0.05, 0) is 19.3 Å². The molecule has 0 aromatic heterocycles. The van der Waals surface area contributed by atoms with Gasteiger partial charge in [0.15, 0.2) is 0 Å². The summed E-state index contributed by atoms with van der Waals surface area (Å²) in [5.74, 6) is 0.709. The average Bonchev–Trinajstić information content (AvgIpc) is 2.45. The van der Waals surface area contributed by atoms with Crippen LogP contribution in [0, 0.1) is 0 Å². The lowest BCUT2D eigenvalue weighted by atomic mass is 10.2. The molecule has 0 bridgehead atoms. The molecular formula is C11H23NOS. The highest BCUT2D eigenvalue weighted by molar-refractivity contribution is 7.85. The molecule has 0 aromatic rings. The second-order valence-corrected chi connectivity index (χ2v) is 6.09. The number of nitrogens with two attached hydrogens (primary N) is 1. The molecule has 1 saturated carbocycles. The summed E-state index contributed by atoms with van der Waals surface area (Å²) in [5, 5.41) is 0.440. The Bertz CT molecular complexity index is 176. The van der Waals surface area contributed by atoms with Gasteiger partial charge in [-0.2, -0.15) is 0 Å². The summed E-state index contributed by atoms with van der Waals surface area (Å²) in [7, 11) is -0.673. The van der Waals surface area contributed by atoms with Crippen molar-refractivity contribution < 1.29 is 4.21 Å². The summed E-state index contributed by atoms with van der Waals surface area (Å²) in [4.78, 5) is 0. The molecular weight excluding hydrogens is 194 g/mol. The van der Waals surface area contributed by atoms with Gasteiger partial charge in [-0.15, -0.1) is 0 Å². The minimum Gasteiger partial charge on any atom is -0.327 e. The summed E-state index contributed by atoms with van der Waals surface area (Å²) in [5.41, 5.74) is 5.83. The van der Waals surface area contributed by atoms with E-state index in [1.54, 1.807) is 0 Å². The minimum absolute atomic E-state index is 0.138. The standard InChI is InChI=1S/C11H23NOS/c1-2-10(12)9-14(13)11-7-5-3-4-6-8-11/h10-11H,2-9,12H2,1H3. The lowest BCUT2D eigenvalue weighted by molar-refractivity contribution is 0.628. The average molecular weight is 217 g/mol. The Morgan fingerprint density at radius 3 is 2.36 bits per heavy atom. The van der Waals surface area contributed by atoms with Crippen molar-refractivity contribution in [3.63, 3.8) is 0 Å². The first kappa shape index (κ1) is 12.2. The van der Waals surface area contributed by atoms with Crippen LogP contribution in [-0.4, -0.2) is 21.3 Å². The predicted octanol–water partition coefficient (Wildman–Crippen LogP) is 2.20. The Hall–Kier alpha value is 0.110. The smallest absolute Gasteiger partial charge is 0.0389 e. The van der Waals surface area contributed by atoms with E-state index in [0.29, 0.717) is 11.0 Å². The zero-order chi connectivity index (χ0) is 10.4. The van der Waals surface area contributed by atoms with Gasteiger partial charge < -0.3 is 5.73 Å². The summed E-state index contributed by atoms with van der Waals surface area (Å²) < 4.78 is 12.0. The Labute approximate surface area is 90.1 Å². The molecule has 0 spiro atoms. The van der Waals surface area contributed by atoms with Gasteiger partial charge in [0.05, 0.1) is 0 Å². The molecule has 3 heteroatoms. The molecule has 0 aromatic carbocycles. The fourth-order valence-corrected chi connectivity index (χ4v) is 3.76. The molecule has 0 saturated heterocycles. The molecule has 0 amide bonds. The van der Waals surface area contributed by atoms with E-state index in [1.807, 2.05) is 0 Å². The van der Waals surface area contributed by atoms with Crippen molar-refractivity contribution in [2.45, 2.75) is 63.2 Å². The predicted molar refractivity (Wildman–Crippen MR) is 62.8 cm³/mol. The molecule has 14 heavy (non-hydrogen) atoms. The normalized spacial score (nSPS) is 24.1. The molecule has 2 N–H and O–H groups in total. The topological polar surface area (TPSA) is 43.1 Å². The van der Waals surface area contributed by atoms with E-state index in [2.05, 4.69) is 6.92 Å². The molecule has 2 unspecified atom stereocenters. The van der Waals surface area contributed by atoms with Gasteiger partial charge in [-0.1, -0.05) is 32.6 Å². The Kier molecular flexibility index (Phi) is 5.71. The fraction of sp³-hybridized carbons (Fsp3) is 1.00. The van der Waals surface area contributed by atoms with Crippen LogP contribution in [0.25, 0.3) is 0 Å². The number of rotatable bonds is 4. The summed E-state index contributed by atoms with van der Waals surface area (Å²) in [6, 6.07) is 0.138. The van der Waals surface area contributed by atoms with Crippen molar-refractivity contribution in [1.29, 1.82) is 0 Å².